The fourth-order valence-corrected chi connectivity index (χ4v) is 1.62. The fraction of sp³-hybridized carbons (Fsp3) is 0.500. The van der Waals surface area contributed by atoms with Crippen LogP contribution in [0.15, 0.2) is 24.3 Å². The van der Waals surface area contributed by atoms with Gasteiger partial charge in [-0.15, -0.1) is 13.2 Å². The van der Waals surface area contributed by atoms with Gasteiger partial charge >= 0.3 is 6.36 Å². The number of hydrogen-bond donors (Lipinski definition) is 2. The lowest BCUT2D eigenvalue weighted by molar-refractivity contribution is -0.274. The molecule has 0 fully saturated rings. The van der Waals surface area contributed by atoms with Gasteiger partial charge in [0.2, 0.25) is 0 Å². The molecule has 1 rings (SSSR count). The number of likely N-dealkylation sites (N-methyl/N-ethyl adjacent to an activating group) is 1. The Kier molecular flexibility index (Phi) is 4.98. The molecule has 18 heavy (non-hydrogen) atoms. The van der Waals surface area contributed by atoms with E-state index in [1.165, 1.54) is 18.2 Å². The van der Waals surface area contributed by atoms with Crippen molar-refractivity contribution in [3.8, 4) is 5.75 Å². The summed E-state index contributed by atoms with van der Waals surface area (Å²) >= 11 is 0. The number of halogens is 3. The van der Waals surface area contributed by atoms with Gasteiger partial charge in [-0.25, -0.2) is 0 Å². The summed E-state index contributed by atoms with van der Waals surface area (Å²) in [6.45, 7) is 4.30. The van der Waals surface area contributed by atoms with Gasteiger partial charge in [0.1, 0.15) is 5.75 Å². The Hall–Kier alpha value is -1.27. The predicted octanol–water partition coefficient (Wildman–Crippen LogP) is 2.62. The topological polar surface area (TPSA) is 41.5 Å². The van der Waals surface area contributed by atoms with Crippen molar-refractivity contribution in [3.63, 3.8) is 0 Å². The third-order valence-corrected chi connectivity index (χ3v) is 2.43. The van der Waals surface area contributed by atoms with Crippen LogP contribution >= 0.6 is 0 Å². The molecule has 0 aliphatic rings. The highest BCUT2D eigenvalue weighted by atomic mass is 19.4. The normalized spacial score (nSPS) is 15.2. The zero-order chi connectivity index (χ0) is 13.8. The zero-order valence-corrected chi connectivity index (χ0v) is 10.2. The van der Waals surface area contributed by atoms with Gasteiger partial charge in [0, 0.05) is 6.04 Å². The summed E-state index contributed by atoms with van der Waals surface area (Å²) in [6, 6.07) is 5.10. The van der Waals surface area contributed by atoms with Crippen molar-refractivity contribution in [3.05, 3.63) is 29.8 Å². The van der Waals surface area contributed by atoms with E-state index >= 15 is 0 Å². The van der Waals surface area contributed by atoms with Gasteiger partial charge in [-0.3, -0.25) is 0 Å². The molecule has 1 aromatic carbocycles. The Morgan fingerprint density at radius 2 is 2.06 bits per heavy atom. The first-order valence-corrected chi connectivity index (χ1v) is 5.60. The summed E-state index contributed by atoms with van der Waals surface area (Å²) in [5.74, 6) is -0.331. The third-order valence-electron chi connectivity index (χ3n) is 2.43. The minimum Gasteiger partial charge on any atom is -0.406 e. The summed E-state index contributed by atoms with van der Waals surface area (Å²) in [5.41, 5.74) is 0.380. The molecule has 0 radical (unpaired) electrons. The first kappa shape index (κ1) is 14.8. The Morgan fingerprint density at radius 3 is 2.61 bits per heavy atom. The van der Waals surface area contributed by atoms with Crippen LogP contribution in [0.5, 0.6) is 5.75 Å². The summed E-state index contributed by atoms with van der Waals surface area (Å²) in [4.78, 5) is 0. The maximum Gasteiger partial charge on any atom is 0.573 e. The first-order valence-electron chi connectivity index (χ1n) is 5.60. The monoisotopic (exact) mass is 263 g/mol. The van der Waals surface area contributed by atoms with Crippen LogP contribution in [0, 0.1) is 0 Å². The van der Waals surface area contributed by atoms with Gasteiger partial charge in [0.25, 0.3) is 0 Å². The van der Waals surface area contributed by atoms with Crippen LogP contribution in [0.3, 0.4) is 0 Å². The van der Waals surface area contributed by atoms with Gasteiger partial charge in [-0.05, 0) is 31.2 Å². The number of ether oxygens (including phenoxy) is 1. The fourth-order valence-electron chi connectivity index (χ4n) is 1.62. The minimum atomic E-state index is -4.73. The van der Waals surface area contributed by atoms with Crippen molar-refractivity contribution >= 4 is 0 Å². The number of alkyl halides is 3. The highest BCUT2D eigenvalue weighted by Gasteiger charge is 2.31. The quantitative estimate of drug-likeness (QED) is 0.858. The average Bonchev–Trinajstić information content (AvgIpc) is 2.26. The Balaban J connectivity index is 2.81. The van der Waals surface area contributed by atoms with Crippen LogP contribution in [0.4, 0.5) is 13.2 Å². The van der Waals surface area contributed by atoms with Crippen molar-refractivity contribution in [2.75, 3.05) is 6.54 Å². The molecule has 2 atom stereocenters. The molecule has 0 aliphatic carbocycles. The van der Waals surface area contributed by atoms with Crippen molar-refractivity contribution in [1.82, 2.24) is 5.32 Å². The van der Waals surface area contributed by atoms with Crippen LogP contribution in [0.2, 0.25) is 0 Å². The number of hydrogen-bond acceptors (Lipinski definition) is 3. The van der Waals surface area contributed by atoms with Crippen LogP contribution < -0.4 is 10.1 Å². The van der Waals surface area contributed by atoms with Gasteiger partial charge in [0.15, 0.2) is 0 Å². The average molecular weight is 263 g/mol. The second-order valence-electron chi connectivity index (χ2n) is 3.91. The molecule has 0 bridgehead atoms. The van der Waals surface area contributed by atoms with Gasteiger partial charge in [-0.1, -0.05) is 19.1 Å². The molecule has 102 valence electrons. The van der Waals surface area contributed by atoms with E-state index in [0.717, 1.165) is 0 Å². The summed E-state index contributed by atoms with van der Waals surface area (Å²) in [7, 11) is 0. The molecular formula is C12H16F3NO2. The van der Waals surface area contributed by atoms with E-state index < -0.39 is 12.5 Å². The number of aliphatic hydroxyl groups excluding tert-OH is 1. The first-order chi connectivity index (χ1) is 8.33. The molecule has 0 amide bonds. The maximum atomic E-state index is 12.1. The predicted molar refractivity (Wildman–Crippen MR) is 61.2 cm³/mol. The molecule has 0 heterocycles. The molecule has 0 aromatic heterocycles. The van der Waals surface area contributed by atoms with Gasteiger partial charge < -0.3 is 15.2 Å². The lowest BCUT2D eigenvalue weighted by Crippen LogP contribution is -2.31. The Bertz CT molecular complexity index is 382. The summed E-state index contributed by atoms with van der Waals surface area (Å²) in [6.07, 6.45) is -5.61. The highest BCUT2D eigenvalue weighted by Crippen LogP contribution is 2.26. The van der Waals surface area contributed by atoms with Gasteiger partial charge in [-0.2, -0.15) is 0 Å². The molecular weight excluding hydrogens is 247 g/mol. The minimum absolute atomic E-state index is 0.254. The van der Waals surface area contributed by atoms with E-state index in [1.807, 2.05) is 6.92 Å². The molecule has 3 nitrogen and oxygen atoms in total. The van der Waals surface area contributed by atoms with Crippen molar-refractivity contribution in [2.24, 2.45) is 0 Å². The van der Waals surface area contributed by atoms with Crippen molar-refractivity contribution in [1.29, 1.82) is 0 Å². The second-order valence-corrected chi connectivity index (χ2v) is 3.91. The van der Waals surface area contributed by atoms with E-state index in [1.54, 1.807) is 13.0 Å². The molecule has 0 spiro atoms. The van der Waals surface area contributed by atoms with E-state index in [0.29, 0.717) is 12.1 Å². The molecule has 6 heteroatoms. The van der Waals surface area contributed by atoms with Gasteiger partial charge in [0.05, 0.1) is 6.10 Å². The lowest BCUT2D eigenvalue weighted by atomic mass is 10.0. The third kappa shape index (κ3) is 4.54. The smallest absolute Gasteiger partial charge is 0.406 e. The lowest BCUT2D eigenvalue weighted by Gasteiger charge is -2.20. The summed E-state index contributed by atoms with van der Waals surface area (Å²) in [5, 5.41) is 12.9. The van der Waals surface area contributed by atoms with Crippen LogP contribution in [-0.2, 0) is 0 Å². The molecule has 0 saturated carbocycles. The van der Waals surface area contributed by atoms with E-state index in [9.17, 15) is 18.3 Å². The van der Waals surface area contributed by atoms with E-state index in [-0.39, 0.29) is 11.8 Å². The Morgan fingerprint density at radius 1 is 1.39 bits per heavy atom. The van der Waals surface area contributed by atoms with Crippen molar-refractivity contribution < 1.29 is 23.0 Å². The number of aliphatic hydroxyl groups is 1. The molecule has 0 saturated heterocycles. The maximum absolute atomic E-state index is 12.1. The zero-order valence-electron chi connectivity index (χ0n) is 10.2. The molecule has 2 N–H and O–H groups in total. The summed E-state index contributed by atoms with van der Waals surface area (Å²) < 4.78 is 40.0. The number of nitrogens with one attached hydrogen (secondary N) is 1. The number of benzene rings is 1. The SMILES string of the molecule is CCNC(C)C(O)c1cccc(OC(F)(F)F)c1. The van der Waals surface area contributed by atoms with Crippen LogP contribution in [0.25, 0.3) is 0 Å². The van der Waals surface area contributed by atoms with Crippen LogP contribution in [-0.4, -0.2) is 24.1 Å². The largest absolute Gasteiger partial charge is 0.573 e. The van der Waals surface area contributed by atoms with Crippen molar-refractivity contribution in [2.45, 2.75) is 32.4 Å². The Labute approximate surface area is 104 Å². The van der Waals surface area contributed by atoms with E-state index in [4.69, 9.17) is 0 Å². The second kappa shape index (κ2) is 6.06. The van der Waals surface area contributed by atoms with E-state index in [2.05, 4.69) is 10.1 Å². The molecule has 2 unspecified atom stereocenters. The highest BCUT2D eigenvalue weighted by molar-refractivity contribution is 5.30. The van der Waals surface area contributed by atoms with Crippen LogP contribution in [0.1, 0.15) is 25.5 Å². The number of rotatable bonds is 5. The molecule has 1 aromatic rings. The standard InChI is InChI=1S/C12H16F3NO2/c1-3-16-8(2)11(17)9-5-4-6-10(7-9)18-12(13,14)15/h4-8,11,16-17H,3H2,1-2H3. The molecule has 0 aliphatic heterocycles.